The van der Waals surface area contributed by atoms with Gasteiger partial charge in [0.1, 0.15) is 11.5 Å². The first-order valence-corrected chi connectivity index (χ1v) is 9.56. The molecule has 3 heterocycles. The van der Waals surface area contributed by atoms with Gasteiger partial charge < -0.3 is 14.6 Å². The van der Waals surface area contributed by atoms with E-state index in [2.05, 4.69) is 36.3 Å². The molecule has 0 fully saturated rings. The molecule has 4 N–H and O–H groups in total. The van der Waals surface area contributed by atoms with Crippen LogP contribution in [0, 0.1) is 20.8 Å². The molecule has 0 radical (unpaired) electrons. The predicted octanol–water partition coefficient (Wildman–Crippen LogP) is 4.27. The molecular weight excluding hydrogens is 460 g/mol. The lowest BCUT2D eigenvalue weighted by molar-refractivity contribution is 0.513. The Hall–Kier alpha value is -2.71. The van der Waals surface area contributed by atoms with Crippen LogP contribution >= 0.6 is 28.3 Å². The van der Waals surface area contributed by atoms with Crippen molar-refractivity contribution < 1.29 is 4.42 Å². The van der Waals surface area contributed by atoms with E-state index in [4.69, 9.17) is 4.42 Å². The van der Waals surface area contributed by atoms with E-state index in [0.717, 1.165) is 15.6 Å². The number of furan rings is 1. The number of hydrogen-bond donors (Lipinski definition) is 4. The number of H-pyrrole nitrogens is 4. The van der Waals surface area contributed by atoms with Gasteiger partial charge in [0.05, 0.1) is 17.0 Å². The Morgan fingerprint density at radius 1 is 0.862 bits per heavy atom. The van der Waals surface area contributed by atoms with Crippen molar-refractivity contribution >= 4 is 28.3 Å². The number of aryl methyl sites for hydroxylation is 3. The quantitative estimate of drug-likeness (QED) is 0.351. The maximum atomic E-state index is 12.5. The summed E-state index contributed by atoms with van der Waals surface area (Å²) in [6.45, 7) is 5.59. The van der Waals surface area contributed by atoms with Crippen LogP contribution < -0.4 is 11.1 Å². The van der Waals surface area contributed by atoms with Gasteiger partial charge in [-0.3, -0.25) is 19.8 Å². The zero-order valence-electron chi connectivity index (χ0n) is 16.0. The molecule has 0 saturated heterocycles. The summed E-state index contributed by atoms with van der Waals surface area (Å²) in [5.74, 6) is 0.552. The molecule has 0 spiro atoms. The lowest BCUT2D eigenvalue weighted by atomic mass is 9.89. The molecule has 0 bridgehead atoms. The molecule has 4 rings (SSSR count). The normalized spacial score (nSPS) is 11.1. The van der Waals surface area contributed by atoms with E-state index in [0.29, 0.717) is 34.0 Å². The van der Waals surface area contributed by atoms with Crippen molar-refractivity contribution in [1.82, 2.24) is 20.4 Å². The van der Waals surface area contributed by atoms with Crippen LogP contribution in [0.25, 0.3) is 11.3 Å². The van der Waals surface area contributed by atoms with Crippen molar-refractivity contribution in [2.24, 2.45) is 0 Å². The van der Waals surface area contributed by atoms with E-state index in [1.807, 2.05) is 37.3 Å². The highest BCUT2D eigenvalue weighted by Gasteiger charge is 2.30. The number of benzene rings is 1. The van der Waals surface area contributed by atoms with Crippen LogP contribution in [0.5, 0.6) is 0 Å². The van der Waals surface area contributed by atoms with E-state index in [9.17, 15) is 9.59 Å². The van der Waals surface area contributed by atoms with Gasteiger partial charge in [-0.2, -0.15) is 0 Å². The van der Waals surface area contributed by atoms with E-state index in [-0.39, 0.29) is 23.5 Å². The van der Waals surface area contributed by atoms with Gasteiger partial charge in [-0.05, 0) is 44.5 Å². The van der Waals surface area contributed by atoms with Gasteiger partial charge in [-0.25, -0.2) is 0 Å². The van der Waals surface area contributed by atoms with Gasteiger partial charge in [0, 0.05) is 21.4 Å². The van der Waals surface area contributed by atoms with Crippen LogP contribution in [0.15, 0.2) is 48.8 Å². The van der Waals surface area contributed by atoms with Crippen LogP contribution in [0.4, 0.5) is 0 Å². The highest BCUT2D eigenvalue weighted by atomic mass is 79.9. The van der Waals surface area contributed by atoms with E-state index >= 15 is 0 Å². The van der Waals surface area contributed by atoms with Crippen LogP contribution in [0.2, 0.25) is 0 Å². The maximum absolute atomic E-state index is 12.5. The predicted molar refractivity (Wildman–Crippen MR) is 117 cm³/mol. The van der Waals surface area contributed by atoms with Crippen LogP contribution in [0.1, 0.15) is 39.8 Å². The van der Waals surface area contributed by atoms with Crippen molar-refractivity contribution in [2.75, 3.05) is 0 Å². The molecule has 0 aliphatic rings. The van der Waals surface area contributed by atoms with Crippen LogP contribution in [-0.2, 0) is 0 Å². The molecule has 0 saturated carbocycles. The first kappa shape index (κ1) is 21.0. The minimum atomic E-state index is -0.632. The summed E-state index contributed by atoms with van der Waals surface area (Å²) < 4.78 is 7.12. The van der Waals surface area contributed by atoms with Gasteiger partial charge in [-0.15, -0.1) is 12.4 Å². The van der Waals surface area contributed by atoms with Crippen molar-refractivity contribution in [3.63, 3.8) is 0 Å². The molecule has 9 heteroatoms. The summed E-state index contributed by atoms with van der Waals surface area (Å²) in [5.41, 5.74) is 3.70. The molecule has 0 aliphatic heterocycles. The fraction of sp³-hybridized carbons (Fsp3) is 0.200. The Morgan fingerprint density at radius 2 is 1.45 bits per heavy atom. The summed E-state index contributed by atoms with van der Waals surface area (Å²) in [5, 5.41) is 10.8. The highest BCUT2D eigenvalue weighted by molar-refractivity contribution is 9.10. The number of rotatable bonds is 4. The number of aromatic amines is 4. The number of hydrogen-bond acceptors (Lipinski definition) is 3. The average molecular weight is 480 g/mol. The van der Waals surface area contributed by atoms with Crippen molar-refractivity contribution in [3.8, 4) is 11.3 Å². The SMILES string of the molecule is Cc1ccc(-c2ccc(C(c3c(C)[nH][nH]c3=O)c3c(C)[nH][nH]c3=O)o2)cc1Br.Cl. The minimum Gasteiger partial charge on any atom is -0.460 e. The third kappa shape index (κ3) is 3.65. The molecule has 152 valence electrons. The minimum absolute atomic E-state index is 0. The molecular formula is C20H20BrClN4O3. The fourth-order valence-corrected chi connectivity index (χ4v) is 3.82. The maximum Gasteiger partial charge on any atom is 0.268 e. The average Bonchev–Trinajstić information content (AvgIpc) is 3.35. The lowest BCUT2D eigenvalue weighted by Gasteiger charge is -2.12. The van der Waals surface area contributed by atoms with Crippen LogP contribution in [-0.4, -0.2) is 20.4 Å². The van der Waals surface area contributed by atoms with E-state index < -0.39 is 5.92 Å². The molecule has 3 aromatic heterocycles. The topological polar surface area (TPSA) is 110 Å². The first-order chi connectivity index (χ1) is 13.4. The molecule has 4 aromatic rings. The van der Waals surface area contributed by atoms with E-state index in [1.165, 1.54) is 0 Å². The monoisotopic (exact) mass is 478 g/mol. The van der Waals surface area contributed by atoms with Gasteiger partial charge in [0.15, 0.2) is 0 Å². The first-order valence-electron chi connectivity index (χ1n) is 8.77. The van der Waals surface area contributed by atoms with Gasteiger partial charge >= 0.3 is 0 Å². The zero-order chi connectivity index (χ0) is 20.0. The standard InChI is InChI=1S/C20H19BrN4O3.ClH/c1-9-4-5-12(8-13(9)21)14-6-7-15(28-14)18(16-10(2)22-24-19(16)26)17-11(3)23-25-20(17)27;/h4-8,18H,1-3H3,(H2,22,24,26)(H2,23,25,27);1H. The van der Waals surface area contributed by atoms with Gasteiger partial charge in [0.2, 0.25) is 0 Å². The molecule has 1 aromatic carbocycles. The zero-order valence-corrected chi connectivity index (χ0v) is 18.4. The second-order valence-corrected chi connectivity index (χ2v) is 7.69. The fourth-order valence-electron chi connectivity index (χ4n) is 3.44. The second kappa shape index (κ2) is 7.96. The molecule has 7 nitrogen and oxygen atoms in total. The smallest absolute Gasteiger partial charge is 0.268 e. The summed E-state index contributed by atoms with van der Waals surface area (Å²) in [4.78, 5) is 24.9. The van der Waals surface area contributed by atoms with Gasteiger partial charge in [-0.1, -0.05) is 28.1 Å². The van der Waals surface area contributed by atoms with Crippen molar-refractivity contribution in [2.45, 2.75) is 26.7 Å². The second-order valence-electron chi connectivity index (χ2n) is 6.83. The summed E-state index contributed by atoms with van der Waals surface area (Å²) in [6.07, 6.45) is 0. The summed E-state index contributed by atoms with van der Waals surface area (Å²) in [6, 6.07) is 9.62. The number of aromatic nitrogens is 4. The molecule has 29 heavy (non-hydrogen) atoms. The largest absolute Gasteiger partial charge is 0.460 e. The lowest BCUT2D eigenvalue weighted by Crippen LogP contribution is -2.19. The highest BCUT2D eigenvalue weighted by Crippen LogP contribution is 2.35. The third-order valence-electron chi connectivity index (χ3n) is 4.97. The third-order valence-corrected chi connectivity index (χ3v) is 5.82. The Labute approximate surface area is 180 Å². The summed E-state index contributed by atoms with van der Waals surface area (Å²) in [7, 11) is 0. The van der Waals surface area contributed by atoms with Gasteiger partial charge in [0.25, 0.3) is 11.1 Å². The number of halogens is 2. The Morgan fingerprint density at radius 3 is 1.93 bits per heavy atom. The Kier molecular flexibility index (Phi) is 5.77. The molecule has 0 atom stereocenters. The van der Waals surface area contributed by atoms with Crippen LogP contribution in [0.3, 0.4) is 0 Å². The Bertz CT molecular complexity index is 1220. The van der Waals surface area contributed by atoms with Crippen molar-refractivity contribution in [3.05, 3.63) is 89.4 Å². The van der Waals surface area contributed by atoms with Crippen molar-refractivity contribution in [1.29, 1.82) is 0 Å². The summed E-state index contributed by atoms with van der Waals surface area (Å²) >= 11 is 3.54. The van der Waals surface area contributed by atoms with E-state index in [1.54, 1.807) is 13.8 Å². The Balaban J connectivity index is 0.00000240. The molecule has 0 amide bonds. The number of nitrogens with one attached hydrogen (secondary N) is 4. The molecule has 0 aliphatic carbocycles. The molecule has 0 unspecified atom stereocenters.